The normalized spacial score (nSPS) is 8.62. The number of hydrogen-bond acceptors (Lipinski definition) is 3. The number of hydrogen-bond donors (Lipinski definition) is 3. The molecule has 0 amide bonds. The van der Waals surface area contributed by atoms with Crippen LogP contribution in [0.3, 0.4) is 0 Å². The van der Waals surface area contributed by atoms with Crippen molar-refractivity contribution in [2.45, 2.75) is 0 Å². The van der Waals surface area contributed by atoms with Gasteiger partial charge in [-0.2, -0.15) is 0 Å². The standard InChI is InChI=1S/C6H7N.C3H5N3/c7-6-4-2-1-3-5-6;4-3-5-1-2-6-3/h1-5H,7H2;1-2H,(H3,4,5,6). The first-order valence-corrected chi connectivity index (χ1v) is 3.84. The highest BCUT2D eigenvalue weighted by Crippen LogP contribution is 1.95. The van der Waals surface area contributed by atoms with Crippen molar-refractivity contribution >= 4 is 11.6 Å². The summed E-state index contributed by atoms with van der Waals surface area (Å²) in [6.45, 7) is 0. The summed E-state index contributed by atoms with van der Waals surface area (Å²) in [6.07, 6.45) is 3.28. The van der Waals surface area contributed by atoms with Crippen LogP contribution in [0.15, 0.2) is 42.7 Å². The molecule has 0 spiro atoms. The van der Waals surface area contributed by atoms with Gasteiger partial charge in [0, 0.05) is 18.1 Å². The Morgan fingerprint density at radius 2 is 1.77 bits per heavy atom. The van der Waals surface area contributed by atoms with Crippen LogP contribution in [-0.4, -0.2) is 9.97 Å². The Morgan fingerprint density at radius 1 is 1.08 bits per heavy atom. The van der Waals surface area contributed by atoms with Crippen molar-refractivity contribution in [2.24, 2.45) is 0 Å². The van der Waals surface area contributed by atoms with Gasteiger partial charge >= 0.3 is 0 Å². The maximum atomic E-state index is 5.36. The van der Waals surface area contributed by atoms with Gasteiger partial charge in [-0.15, -0.1) is 0 Å². The number of nitrogens with one attached hydrogen (secondary N) is 1. The summed E-state index contributed by atoms with van der Waals surface area (Å²) in [7, 11) is 0. The van der Waals surface area contributed by atoms with E-state index in [1.807, 2.05) is 30.3 Å². The van der Waals surface area contributed by atoms with E-state index in [2.05, 4.69) is 9.97 Å². The molecule has 1 aromatic heterocycles. The second kappa shape index (κ2) is 4.82. The van der Waals surface area contributed by atoms with Crippen LogP contribution in [0.5, 0.6) is 0 Å². The number of rotatable bonds is 0. The number of H-pyrrole nitrogens is 1. The molecule has 5 N–H and O–H groups in total. The molecule has 0 aliphatic rings. The van der Waals surface area contributed by atoms with E-state index >= 15 is 0 Å². The number of imidazole rings is 1. The van der Waals surface area contributed by atoms with E-state index in [4.69, 9.17) is 11.5 Å². The largest absolute Gasteiger partial charge is 0.399 e. The van der Waals surface area contributed by atoms with Crippen molar-refractivity contribution in [3.8, 4) is 0 Å². The van der Waals surface area contributed by atoms with Gasteiger partial charge < -0.3 is 16.5 Å². The number of aromatic amines is 1. The summed E-state index contributed by atoms with van der Waals surface area (Å²) >= 11 is 0. The number of para-hydroxylation sites is 1. The number of anilines is 2. The average molecular weight is 176 g/mol. The van der Waals surface area contributed by atoms with Crippen LogP contribution in [0.4, 0.5) is 11.6 Å². The molecule has 0 bridgehead atoms. The average Bonchev–Trinajstić information content (AvgIpc) is 2.58. The fourth-order valence-electron chi connectivity index (χ4n) is 0.731. The summed E-state index contributed by atoms with van der Waals surface area (Å²) in [5.41, 5.74) is 11.3. The molecule has 0 aliphatic carbocycles. The maximum absolute atomic E-state index is 5.36. The predicted octanol–water partition coefficient (Wildman–Crippen LogP) is 1.26. The van der Waals surface area contributed by atoms with E-state index in [0.717, 1.165) is 5.69 Å². The Bertz CT molecular complexity index is 315. The molecule has 0 unspecified atom stereocenters. The number of benzene rings is 1. The van der Waals surface area contributed by atoms with Crippen LogP contribution in [0.1, 0.15) is 0 Å². The van der Waals surface area contributed by atoms with Crippen molar-refractivity contribution in [3.63, 3.8) is 0 Å². The molecule has 4 heteroatoms. The molecule has 0 aliphatic heterocycles. The molecule has 0 saturated heterocycles. The van der Waals surface area contributed by atoms with Gasteiger partial charge in [-0.25, -0.2) is 4.98 Å². The van der Waals surface area contributed by atoms with Gasteiger partial charge in [-0.1, -0.05) is 18.2 Å². The third kappa shape index (κ3) is 3.81. The number of nitrogens with two attached hydrogens (primary N) is 2. The molecule has 0 saturated carbocycles. The quantitative estimate of drug-likeness (QED) is 0.528. The first-order valence-electron chi connectivity index (χ1n) is 3.84. The van der Waals surface area contributed by atoms with Gasteiger partial charge in [0.2, 0.25) is 0 Å². The minimum Gasteiger partial charge on any atom is -0.399 e. The van der Waals surface area contributed by atoms with Gasteiger partial charge in [0.25, 0.3) is 0 Å². The lowest BCUT2D eigenvalue weighted by Gasteiger charge is -1.83. The fraction of sp³-hybridized carbons (Fsp3) is 0. The molecule has 2 aromatic rings. The Balaban J connectivity index is 0.000000132. The Morgan fingerprint density at radius 3 is 2.00 bits per heavy atom. The first kappa shape index (κ1) is 9.12. The van der Waals surface area contributed by atoms with Crippen LogP contribution in [0.2, 0.25) is 0 Å². The molecule has 1 aromatic carbocycles. The summed E-state index contributed by atoms with van der Waals surface area (Å²) in [4.78, 5) is 6.31. The van der Waals surface area contributed by atoms with Crippen LogP contribution in [0.25, 0.3) is 0 Å². The zero-order valence-corrected chi connectivity index (χ0v) is 7.14. The second-order valence-corrected chi connectivity index (χ2v) is 2.39. The highest BCUT2D eigenvalue weighted by Gasteiger charge is 1.74. The first-order chi connectivity index (χ1) is 6.29. The molecule has 0 fully saturated rings. The molecular formula is C9H12N4. The lowest BCUT2D eigenvalue weighted by atomic mass is 10.3. The third-order valence-corrected chi connectivity index (χ3v) is 1.32. The van der Waals surface area contributed by atoms with Crippen molar-refractivity contribution in [3.05, 3.63) is 42.7 Å². The Kier molecular flexibility index (Phi) is 3.38. The highest BCUT2D eigenvalue weighted by atomic mass is 15.0. The Labute approximate surface area is 76.6 Å². The van der Waals surface area contributed by atoms with Crippen molar-refractivity contribution in [1.29, 1.82) is 0 Å². The van der Waals surface area contributed by atoms with E-state index in [1.165, 1.54) is 0 Å². The predicted molar refractivity (Wildman–Crippen MR) is 53.9 cm³/mol. The van der Waals surface area contributed by atoms with Crippen molar-refractivity contribution in [2.75, 3.05) is 11.5 Å². The van der Waals surface area contributed by atoms with E-state index in [0.29, 0.717) is 5.95 Å². The minimum atomic E-state index is 0.468. The van der Waals surface area contributed by atoms with E-state index < -0.39 is 0 Å². The van der Waals surface area contributed by atoms with Crippen LogP contribution < -0.4 is 11.5 Å². The van der Waals surface area contributed by atoms with Gasteiger partial charge in [-0.05, 0) is 12.1 Å². The lowest BCUT2D eigenvalue weighted by molar-refractivity contribution is 1.33. The molecule has 4 nitrogen and oxygen atoms in total. The molecule has 13 heavy (non-hydrogen) atoms. The fourth-order valence-corrected chi connectivity index (χ4v) is 0.731. The van der Waals surface area contributed by atoms with Crippen LogP contribution >= 0.6 is 0 Å². The van der Waals surface area contributed by atoms with Gasteiger partial charge in [0.1, 0.15) is 0 Å². The third-order valence-electron chi connectivity index (χ3n) is 1.32. The second-order valence-electron chi connectivity index (χ2n) is 2.39. The molecule has 0 radical (unpaired) electrons. The Hall–Kier alpha value is -1.97. The summed E-state index contributed by atoms with van der Waals surface area (Å²) in [6, 6.07) is 9.49. The van der Waals surface area contributed by atoms with E-state index in [-0.39, 0.29) is 0 Å². The molecule has 1 heterocycles. The molecular weight excluding hydrogens is 164 g/mol. The topological polar surface area (TPSA) is 80.7 Å². The maximum Gasteiger partial charge on any atom is 0.197 e. The van der Waals surface area contributed by atoms with E-state index in [1.54, 1.807) is 12.4 Å². The van der Waals surface area contributed by atoms with Gasteiger partial charge in [0.15, 0.2) is 5.95 Å². The lowest BCUT2D eigenvalue weighted by Crippen LogP contribution is -1.83. The zero-order valence-electron chi connectivity index (χ0n) is 7.14. The SMILES string of the molecule is Nc1ccccc1.Nc1ncc[nH]1. The molecule has 2 rings (SSSR count). The van der Waals surface area contributed by atoms with Crippen LogP contribution in [-0.2, 0) is 0 Å². The van der Waals surface area contributed by atoms with E-state index in [9.17, 15) is 0 Å². The summed E-state index contributed by atoms with van der Waals surface area (Å²) < 4.78 is 0. The number of nitrogen functional groups attached to an aromatic ring is 2. The van der Waals surface area contributed by atoms with Crippen LogP contribution in [0, 0.1) is 0 Å². The summed E-state index contributed by atoms with van der Waals surface area (Å²) in [5.74, 6) is 0.468. The highest BCUT2D eigenvalue weighted by molar-refractivity contribution is 5.35. The number of nitrogens with zero attached hydrogens (tertiary/aromatic N) is 1. The number of aromatic nitrogens is 2. The monoisotopic (exact) mass is 176 g/mol. The van der Waals surface area contributed by atoms with Crippen molar-refractivity contribution in [1.82, 2.24) is 9.97 Å². The minimum absolute atomic E-state index is 0.468. The smallest absolute Gasteiger partial charge is 0.197 e. The van der Waals surface area contributed by atoms with Crippen molar-refractivity contribution < 1.29 is 0 Å². The van der Waals surface area contributed by atoms with Gasteiger partial charge in [0.05, 0.1) is 0 Å². The molecule has 0 atom stereocenters. The zero-order chi connectivity index (χ0) is 9.52. The summed E-state index contributed by atoms with van der Waals surface area (Å²) in [5, 5.41) is 0. The van der Waals surface area contributed by atoms with Gasteiger partial charge in [-0.3, -0.25) is 0 Å². The molecule has 68 valence electrons.